The van der Waals surface area contributed by atoms with Crippen molar-refractivity contribution in [3.63, 3.8) is 0 Å². The molecule has 7 heteroatoms. The number of amidine groups is 1. The van der Waals surface area contributed by atoms with Crippen LogP contribution in [-0.2, 0) is 14.3 Å². The minimum absolute atomic E-state index is 0.0373. The largest absolute Gasteiger partial charge is 0.463 e. The quantitative estimate of drug-likeness (QED) is 0.552. The van der Waals surface area contributed by atoms with Gasteiger partial charge in [-0.2, -0.15) is 0 Å². The number of benzene rings is 1. The molecule has 0 bridgehead atoms. The van der Waals surface area contributed by atoms with Gasteiger partial charge in [-0.05, 0) is 42.2 Å². The molecular weight excluding hydrogens is 422 g/mol. The Morgan fingerprint density at radius 2 is 1.88 bits per heavy atom. The average molecular weight is 456 g/mol. The molecule has 1 atom stereocenters. The molecule has 2 aliphatic heterocycles. The van der Waals surface area contributed by atoms with Crippen molar-refractivity contribution in [2.45, 2.75) is 59.9 Å². The number of rotatable bonds is 8. The maximum atomic E-state index is 13.0. The molecule has 1 aromatic carbocycles. The Morgan fingerprint density at radius 3 is 2.47 bits per heavy atom. The van der Waals surface area contributed by atoms with Crippen molar-refractivity contribution in [1.29, 1.82) is 0 Å². The summed E-state index contributed by atoms with van der Waals surface area (Å²) < 4.78 is 5.40. The van der Waals surface area contributed by atoms with Crippen LogP contribution in [0.5, 0.6) is 0 Å². The first-order chi connectivity index (χ1) is 15.2. The van der Waals surface area contributed by atoms with E-state index in [2.05, 4.69) is 62.3 Å². The Hall–Kier alpha value is -2.54. The van der Waals surface area contributed by atoms with E-state index in [1.165, 1.54) is 17.3 Å². The number of amides is 1. The van der Waals surface area contributed by atoms with Gasteiger partial charge in [-0.3, -0.25) is 4.79 Å². The van der Waals surface area contributed by atoms with E-state index in [4.69, 9.17) is 4.74 Å². The van der Waals surface area contributed by atoms with Crippen molar-refractivity contribution in [3.8, 4) is 0 Å². The molecule has 0 aliphatic carbocycles. The Bertz CT molecular complexity index is 961. The normalized spacial score (nSPS) is 18.0. The zero-order valence-corrected chi connectivity index (χ0v) is 20.6. The third-order valence-electron chi connectivity index (χ3n) is 5.46. The van der Waals surface area contributed by atoms with Gasteiger partial charge in [0.1, 0.15) is 0 Å². The number of ether oxygens (including phenoxy) is 1. The SMILES string of the molecule is CCOC(=O)C1=C(C)N=C2SC=C(CC(=O)NCC(C)C)N2C1c1ccc(C(C)C)cc1. The van der Waals surface area contributed by atoms with E-state index in [0.717, 1.165) is 16.4 Å². The van der Waals surface area contributed by atoms with Gasteiger partial charge in [-0.25, -0.2) is 9.79 Å². The third kappa shape index (κ3) is 5.26. The first kappa shape index (κ1) is 24.1. The summed E-state index contributed by atoms with van der Waals surface area (Å²) in [6.07, 6.45) is 0.231. The van der Waals surface area contributed by atoms with Crippen LogP contribution in [-0.4, -0.2) is 35.1 Å². The molecule has 2 aliphatic rings. The second kappa shape index (κ2) is 10.4. The highest BCUT2D eigenvalue weighted by Crippen LogP contribution is 2.45. The number of aliphatic imine (C=N–C) groups is 1. The second-order valence-electron chi connectivity index (χ2n) is 8.81. The number of nitrogens with zero attached hydrogens (tertiary/aromatic N) is 2. The molecule has 2 heterocycles. The standard InChI is InChI=1S/C25H33N3O3S/c1-7-31-24(30)22-17(6)27-25-28(20(14-32-25)12-21(29)26-13-15(2)3)23(22)19-10-8-18(9-11-19)16(4)5/h8-11,14-16,23H,7,12-13H2,1-6H3,(H,26,29). The number of carbonyl (C=O) groups excluding carboxylic acids is 2. The lowest BCUT2D eigenvalue weighted by molar-refractivity contribution is -0.139. The van der Waals surface area contributed by atoms with E-state index in [1.807, 2.05) is 17.2 Å². The zero-order chi connectivity index (χ0) is 23.4. The molecular formula is C25H33N3O3S. The zero-order valence-electron chi connectivity index (χ0n) is 19.8. The summed E-state index contributed by atoms with van der Waals surface area (Å²) in [4.78, 5) is 32.3. The van der Waals surface area contributed by atoms with Crippen molar-refractivity contribution in [2.24, 2.45) is 10.9 Å². The molecule has 1 amide bonds. The molecule has 0 saturated carbocycles. The predicted octanol–water partition coefficient (Wildman–Crippen LogP) is 5.11. The lowest BCUT2D eigenvalue weighted by Gasteiger charge is -2.36. The van der Waals surface area contributed by atoms with Gasteiger partial charge < -0.3 is 15.0 Å². The summed E-state index contributed by atoms with van der Waals surface area (Å²) in [6.45, 7) is 13.0. The first-order valence-electron chi connectivity index (χ1n) is 11.2. The molecule has 0 radical (unpaired) electrons. The second-order valence-corrected chi connectivity index (χ2v) is 9.65. The number of esters is 1. The van der Waals surface area contributed by atoms with Crippen molar-refractivity contribution in [1.82, 2.24) is 10.2 Å². The van der Waals surface area contributed by atoms with Crippen LogP contribution in [0.1, 0.15) is 71.0 Å². The van der Waals surface area contributed by atoms with Gasteiger partial charge in [0.25, 0.3) is 0 Å². The van der Waals surface area contributed by atoms with Crippen molar-refractivity contribution in [3.05, 3.63) is 57.8 Å². The minimum Gasteiger partial charge on any atom is -0.463 e. The van der Waals surface area contributed by atoms with Gasteiger partial charge in [-0.1, -0.05) is 63.7 Å². The average Bonchev–Trinajstić information content (AvgIpc) is 3.13. The smallest absolute Gasteiger partial charge is 0.338 e. The summed E-state index contributed by atoms with van der Waals surface area (Å²) in [5, 5.41) is 5.72. The van der Waals surface area contributed by atoms with Crippen LogP contribution in [0.15, 0.2) is 51.6 Å². The van der Waals surface area contributed by atoms with E-state index >= 15 is 0 Å². The van der Waals surface area contributed by atoms with Crippen LogP contribution in [0.2, 0.25) is 0 Å². The number of hydrogen-bond acceptors (Lipinski definition) is 6. The Labute approximate surface area is 195 Å². The summed E-state index contributed by atoms with van der Waals surface area (Å²) in [7, 11) is 0. The summed E-state index contributed by atoms with van der Waals surface area (Å²) in [5.74, 6) is 0.388. The summed E-state index contributed by atoms with van der Waals surface area (Å²) in [5.41, 5.74) is 4.21. The van der Waals surface area contributed by atoms with Crippen LogP contribution in [0.4, 0.5) is 0 Å². The highest BCUT2D eigenvalue weighted by Gasteiger charge is 2.41. The van der Waals surface area contributed by atoms with Crippen LogP contribution in [0, 0.1) is 5.92 Å². The van der Waals surface area contributed by atoms with Crippen molar-refractivity contribution >= 4 is 28.8 Å². The van der Waals surface area contributed by atoms with E-state index in [-0.39, 0.29) is 24.3 Å². The van der Waals surface area contributed by atoms with Crippen LogP contribution >= 0.6 is 11.8 Å². The van der Waals surface area contributed by atoms with Crippen LogP contribution in [0.3, 0.4) is 0 Å². The summed E-state index contributed by atoms with van der Waals surface area (Å²) in [6, 6.07) is 7.95. The highest BCUT2D eigenvalue weighted by molar-refractivity contribution is 8.16. The van der Waals surface area contributed by atoms with Gasteiger partial charge in [0.15, 0.2) is 5.17 Å². The molecule has 32 heavy (non-hydrogen) atoms. The fraction of sp³-hybridized carbons (Fsp3) is 0.480. The fourth-order valence-corrected chi connectivity index (χ4v) is 4.73. The monoisotopic (exact) mass is 455 g/mol. The lowest BCUT2D eigenvalue weighted by Crippen LogP contribution is -2.38. The molecule has 3 rings (SSSR count). The van der Waals surface area contributed by atoms with Crippen LogP contribution < -0.4 is 5.32 Å². The van der Waals surface area contributed by atoms with E-state index in [1.54, 1.807) is 6.92 Å². The molecule has 6 nitrogen and oxygen atoms in total. The van der Waals surface area contributed by atoms with Gasteiger partial charge in [0, 0.05) is 12.2 Å². The Morgan fingerprint density at radius 1 is 1.19 bits per heavy atom. The maximum absolute atomic E-state index is 13.0. The highest BCUT2D eigenvalue weighted by atomic mass is 32.2. The number of allylic oxidation sites excluding steroid dienone is 1. The molecule has 0 fully saturated rings. The number of fused-ring (bicyclic) bond motifs is 1. The number of hydrogen-bond donors (Lipinski definition) is 1. The van der Waals surface area contributed by atoms with Gasteiger partial charge in [0.05, 0.1) is 30.3 Å². The van der Waals surface area contributed by atoms with Crippen molar-refractivity contribution in [2.75, 3.05) is 13.2 Å². The number of thioether (sulfide) groups is 1. The number of carbonyl (C=O) groups is 2. The molecule has 1 N–H and O–H groups in total. The van der Waals surface area contributed by atoms with E-state index < -0.39 is 0 Å². The van der Waals surface area contributed by atoms with Crippen LogP contribution in [0.25, 0.3) is 0 Å². The molecule has 172 valence electrons. The Balaban J connectivity index is 1.98. The molecule has 1 aromatic rings. The van der Waals surface area contributed by atoms with Gasteiger partial charge in [-0.15, -0.1) is 0 Å². The third-order valence-corrected chi connectivity index (χ3v) is 6.35. The van der Waals surface area contributed by atoms with E-state index in [9.17, 15) is 9.59 Å². The fourth-order valence-electron chi connectivity index (χ4n) is 3.76. The lowest BCUT2D eigenvalue weighted by atomic mass is 9.92. The van der Waals surface area contributed by atoms with Gasteiger partial charge >= 0.3 is 5.97 Å². The van der Waals surface area contributed by atoms with E-state index in [0.29, 0.717) is 36.3 Å². The minimum atomic E-state index is -0.387. The molecule has 0 spiro atoms. The number of nitrogens with one attached hydrogen (secondary N) is 1. The van der Waals surface area contributed by atoms with Crippen molar-refractivity contribution < 1.29 is 14.3 Å². The summed E-state index contributed by atoms with van der Waals surface area (Å²) >= 11 is 1.49. The molecule has 0 aromatic heterocycles. The molecule has 0 saturated heterocycles. The first-order valence-corrected chi connectivity index (χ1v) is 12.1. The maximum Gasteiger partial charge on any atom is 0.338 e. The predicted molar refractivity (Wildman–Crippen MR) is 130 cm³/mol. The Kier molecular flexibility index (Phi) is 7.82. The van der Waals surface area contributed by atoms with Gasteiger partial charge in [0.2, 0.25) is 5.91 Å². The topological polar surface area (TPSA) is 71.0 Å². The molecule has 1 unspecified atom stereocenters.